The van der Waals surface area contributed by atoms with Gasteiger partial charge < -0.3 is 20.1 Å². The van der Waals surface area contributed by atoms with Gasteiger partial charge in [-0.05, 0) is 31.5 Å². The standard InChI is InChI=1S/C16H24N2O3/c1-21-15-5-3-2-4-14(15)12-18(8-9-19)16(20)10-13-6-7-17-11-13/h2-5,13,17,19H,6-12H2,1H3. The summed E-state index contributed by atoms with van der Waals surface area (Å²) in [6, 6.07) is 7.68. The zero-order chi connectivity index (χ0) is 15.1. The van der Waals surface area contributed by atoms with Crippen molar-refractivity contribution in [2.45, 2.75) is 19.4 Å². The fourth-order valence-electron chi connectivity index (χ4n) is 2.72. The highest BCUT2D eigenvalue weighted by molar-refractivity contribution is 5.76. The van der Waals surface area contributed by atoms with Crippen LogP contribution in [0.1, 0.15) is 18.4 Å². The molecule has 0 radical (unpaired) electrons. The molecule has 0 bridgehead atoms. The first-order valence-electron chi connectivity index (χ1n) is 7.46. The maximum absolute atomic E-state index is 12.4. The Morgan fingerprint density at radius 3 is 2.95 bits per heavy atom. The lowest BCUT2D eigenvalue weighted by Gasteiger charge is -2.24. The summed E-state index contributed by atoms with van der Waals surface area (Å²) in [6.07, 6.45) is 1.59. The van der Waals surface area contributed by atoms with E-state index in [0.29, 0.717) is 25.4 Å². The number of methoxy groups -OCH3 is 1. The van der Waals surface area contributed by atoms with E-state index in [0.717, 1.165) is 30.8 Å². The number of carbonyl (C=O) groups excluding carboxylic acids is 1. The lowest BCUT2D eigenvalue weighted by atomic mass is 10.0. The minimum Gasteiger partial charge on any atom is -0.496 e. The largest absolute Gasteiger partial charge is 0.496 e. The normalized spacial score (nSPS) is 17.7. The third kappa shape index (κ3) is 4.44. The number of hydrogen-bond donors (Lipinski definition) is 2. The number of rotatable bonds is 7. The second-order valence-corrected chi connectivity index (χ2v) is 5.41. The van der Waals surface area contributed by atoms with Gasteiger partial charge in [-0.1, -0.05) is 18.2 Å². The molecule has 5 heteroatoms. The first kappa shape index (κ1) is 15.8. The Kier molecular flexibility index (Phi) is 6.02. The number of nitrogens with zero attached hydrogens (tertiary/aromatic N) is 1. The monoisotopic (exact) mass is 292 g/mol. The number of hydrogen-bond acceptors (Lipinski definition) is 4. The van der Waals surface area contributed by atoms with Gasteiger partial charge in [0.1, 0.15) is 5.75 Å². The predicted molar refractivity (Wildman–Crippen MR) is 81.1 cm³/mol. The molecule has 1 saturated heterocycles. The Morgan fingerprint density at radius 1 is 1.48 bits per heavy atom. The van der Waals surface area contributed by atoms with Crippen LogP contribution in [0.15, 0.2) is 24.3 Å². The van der Waals surface area contributed by atoms with E-state index in [9.17, 15) is 9.90 Å². The molecule has 0 aromatic heterocycles. The maximum atomic E-state index is 12.4. The van der Waals surface area contributed by atoms with Crippen LogP contribution in [-0.2, 0) is 11.3 Å². The number of carbonyl (C=O) groups is 1. The van der Waals surface area contributed by atoms with E-state index in [2.05, 4.69) is 5.32 Å². The van der Waals surface area contributed by atoms with Crippen LogP contribution >= 0.6 is 0 Å². The average Bonchev–Trinajstić information content (AvgIpc) is 3.00. The van der Waals surface area contributed by atoms with Crippen LogP contribution in [0.4, 0.5) is 0 Å². The first-order valence-corrected chi connectivity index (χ1v) is 7.46. The summed E-state index contributed by atoms with van der Waals surface area (Å²) in [4.78, 5) is 14.2. The fraction of sp³-hybridized carbons (Fsp3) is 0.562. The van der Waals surface area contributed by atoms with Crippen molar-refractivity contribution in [1.82, 2.24) is 10.2 Å². The van der Waals surface area contributed by atoms with Gasteiger partial charge in [0, 0.05) is 25.1 Å². The van der Waals surface area contributed by atoms with Gasteiger partial charge in [-0.2, -0.15) is 0 Å². The van der Waals surface area contributed by atoms with Crippen molar-refractivity contribution in [2.75, 3.05) is 33.4 Å². The molecule has 2 N–H and O–H groups in total. The minimum atomic E-state index is -0.0240. The average molecular weight is 292 g/mol. The molecule has 1 aliphatic heterocycles. The number of amides is 1. The van der Waals surface area contributed by atoms with Gasteiger partial charge in [-0.25, -0.2) is 0 Å². The second kappa shape index (κ2) is 8.00. The summed E-state index contributed by atoms with van der Waals surface area (Å²) in [5, 5.41) is 12.5. The van der Waals surface area contributed by atoms with E-state index in [4.69, 9.17) is 4.74 Å². The lowest BCUT2D eigenvalue weighted by Crippen LogP contribution is -2.34. The summed E-state index contributed by atoms with van der Waals surface area (Å²) >= 11 is 0. The van der Waals surface area contributed by atoms with Gasteiger partial charge in [0.25, 0.3) is 0 Å². The van der Waals surface area contributed by atoms with E-state index in [1.807, 2.05) is 24.3 Å². The van der Waals surface area contributed by atoms with E-state index >= 15 is 0 Å². The lowest BCUT2D eigenvalue weighted by molar-refractivity contribution is -0.133. The molecule has 1 aromatic rings. The van der Waals surface area contributed by atoms with Gasteiger partial charge in [-0.3, -0.25) is 4.79 Å². The number of para-hydroxylation sites is 1. The van der Waals surface area contributed by atoms with Crippen molar-refractivity contribution >= 4 is 5.91 Å². The van der Waals surface area contributed by atoms with Crippen LogP contribution in [0.3, 0.4) is 0 Å². The Hall–Kier alpha value is -1.59. The maximum Gasteiger partial charge on any atom is 0.223 e. The van der Waals surface area contributed by atoms with Gasteiger partial charge in [-0.15, -0.1) is 0 Å². The van der Waals surface area contributed by atoms with E-state index in [1.165, 1.54) is 0 Å². The van der Waals surface area contributed by atoms with E-state index in [1.54, 1.807) is 12.0 Å². The van der Waals surface area contributed by atoms with Crippen LogP contribution < -0.4 is 10.1 Å². The summed E-state index contributed by atoms with van der Waals surface area (Å²) in [5.74, 6) is 1.29. The van der Waals surface area contributed by atoms with Gasteiger partial charge in [0.2, 0.25) is 5.91 Å². The molecule has 1 unspecified atom stereocenters. The van der Waals surface area contributed by atoms with Crippen molar-refractivity contribution < 1.29 is 14.6 Å². The molecule has 5 nitrogen and oxygen atoms in total. The Morgan fingerprint density at radius 2 is 2.29 bits per heavy atom. The Balaban J connectivity index is 2.01. The Bertz CT molecular complexity index is 459. The van der Waals surface area contributed by atoms with Crippen molar-refractivity contribution in [3.05, 3.63) is 29.8 Å². The molecule has 1 aromatic carbocycles. The zero-order valence-corrected chi connectivity index (χ0v) is 12.5. The number of benzene rings is 1. The third-order valence-corrected chi connectivity index (χ3v) is 3.90. The van der Waals surface area contributed by atoms with Crippen LogP contribution in [0.5, 0.6) is 5.75 Å². The highest BCUT2D eigenvalue weighted by Crippen LogP contribution is 2.21. The summed E-state index contributed by atoms with van der Waals surface area (Å²) in [7, 11) is 1.63. The molecule has 0 saturated carbocycles. The van der Waals surface area contributed by atoms with Crippen molar-refractivity contribution in [3.8, 4) is 5.75 Å². The van der Waals surface area contributed by atoms with Gasteiger partial charge in [0.15, 0.2) is 0 Å². The minimum absolute atomic E-state index is 0.0240. The number of nitrogens with one attached hydrogen (secondary N) is 1. The topological polar surface area (TPSA) is 61.8 Å². The van der Waals surface area contributed by atoms with Crippen LogP contribution in [0, 0.1) is 5.92 Å². The SMILES string of the molecule is COc1ccccc1CN(CCO)C(=O)CC1CCNC1. The molecule has 0 spiro atoms. The number of ether oxygens (including phenoxy) is 1. The molecule has 116 valence electrons. The molecule has 2 rings (SSSR count). The second-order valence-electron chi connectivity index (χ2n) is 5.41. The quantitative estimate of drug-likeness (QED) is 0.787. The predicted octanol–water partition coefficient (Wildman–Crippen LogP) is 1.02. The molecule has 1 fully saturated rings. The summed E-state index contributed by atoms with van der Waals surface area (Å²) < 4.78 is 5.33. The zero-order valence-electron chi connectivity index (χ0n) is 12.5. The highest BCUT2D eigenvalue weighted by atomic mass is 16.5. The van der Waals surface area contributed by atoms with Gasteiger partial charge >= 0.3 is 0 Å². The first-order chi connectivity index (χ1) is 10.2. The van der Waals surface area contributed by atoms with E-state index in [-0.39, 0.29) is 12.5 Å². The van der Waals surface area contributed by atoms with Crippen molar-refractivity contribution in [1.29, 1.82) is 0 Å². The molecule has 21 heavy (non-hydrogen) atoms. The molecule has 1 atom stereocenters. The molecular weight excluding hydrogens is 268 g/mol. The van der Waals surface area contributed by atoms with Crippen LogP contribution in [0.2, 0.25) is 0 Å². The third-order valence-electron chi connectivity index (χ3n) is 3.90. The van der Waals surface area contributed by atoms with Crippen molar-refractivity contribution in [2.24, 2.45) is 5.92 Å². The molecule has 1 aliphatic rings. The summed E-state index contributed by atoms with van der Waals surface area (Å²) in [6.45, 7) is 2.71. The Labute approximate surface area is 125 Å². The summed E-state index contributed by atoms with van der Waals surface area (Å²) in [5.41, 5.74) is 0.964. The van der Waals surface area contributed by atoms with Crippen LogP contribution in [0.25, 0.3) is 0 Å². The molecule has 1 heterocycles. The van der Waals surface area contributed by atoms with E-state index < -0.39 is 0 Å². The molecular formula is C16H24N2O3. The fourth-order valence-corrected chi connectivity index (χ4v) is 2.72. The highest BCUT2D eigenvalue weighted by Gasteiger charge is 2.22. The van der Waals surface area contributed by atoms with Crippen molar-refractivity contribution in [3.63, 3.8) is 0 Å². The van der Waals surface area contributed by atoms with Gasteiger partial charge in [0.05, 0.1) is 13.7 Å². The molecule has 0 aliphatic carbocycles. The smallest absolute Gasteiger partial charge is 0.223 e. The molecule has 1 amide bonds. The van der Waals surface area contributed by atoms with Crippen LogP contribution in [-0.4, -0.2) is 49.3 Å². The number of aliphatic hydroxyl groups is 1. The number of aliphatic hydroxyl groups excluding tert-OH is 1.